The molecule has 7 heteroatoms. The zero-order valence-corrected chi connectivity index (χ0v) is 16.9. The van der Waals surface area contributed by atoms with Gasteiger partial charge in [-0.2, -0.15) is 0 Å². The minimum Gasteiger partial charge on any atom is -0.484 e. The normalized spacial score (nSPS) is 14.1. The monoisotopic (exact) mass is 409 g/mol. The number of likely N-dealkylation sites (tertiary alicyclic amines) is 1. The highest BCUT2D eigenvalue weighted by Crippen LogP contribution is 2.17. The van der Waals surface area contributed by atoms with Gasteiger partial charge >= 0.3 is 0 Å². The van der Waals surface area contributed by atoms with Crippen molar-refractivity contribution in [3.05, 3.63) is 66.2 Å². The molecule has 0 bridgehead atoms. The van der Waals surface area contributed by atoms with Crippen LogP contribution in [0.15, 0.2) is 60.7 Å². The average Bonchev–Trinajstić information content (AvgIpc) is 2.81. The molecule has 0 atom stereocenters. The summed E-state index contributed by atoms with van der Waals surface area (Å²) in [4.78, 5) is 38.3. The standard InChI is InChI=1S/C23H27N3O4/c27-21(17-30-20-9-5-2-6-10-20)24-16-22(28)26-13-11-19(12-14-26)23(29)25-15-18-7-3-1-4-8-18/h1-10,19H,11-17H2,(H,24,27)(H,25,29). The molecule has 0 saturated carbocycles. The summed E-state index contributed by atoms with van der Waals surface area (Å²) >= 11 is 0. The third kappa shape index (κ3) is 6.62. The first-order chi connectivity index (χ1) is 14.6. The summed E-state index contributed by atoms with van der Waals surface area (Å²) in [6, 6.07) is 18.8. The summed E-state index contributed by atoms with van der Waals surface area (Å²) in [6.45, 7) is 1.33. The van der Waals surface area contributed by atoms with Crippen LogP contribution in [0, 0.1) is 5.92 Å². The fourth-order valence-electron chi connectivity index (χ4n) is 3.32. The van der Waals surface area contributed by atoms with Crippen LogP contribution in [0.2, 0.25) is 0 Å². The van der Waals surface area contributed by atoms with Gasteiger partial charge in [0, 0.05) is 25.6 Å². The van der Waals surface area contributed by atoms with Crippen LogP contribution in [0.3, 0.4) is 0 Å². The van der Waals surface area contributed by atoms with Crippen molar-refractivity contribution in [1.82, 2.24) is 15.5 Å². The van der Waals surface area contributed by atoms with E-state index in [4.69, 9.17) is 4.74 Å². The fourth-order valence-corrected chi connectivity index (χ4v) is 3.32. The molecule has 1 saturated heterocycles. The number of amides is 3. The van der Waals surface area contributed by atoms with Crippen molar-refractivity contribution in [1.29, 1.82) is 0 Å². The summed E-state index contributed by atoms with van der Waals surface area (Å²) in [7, 11) is 0. The van der Waals surface area contributed by atoms with Crippen molar-refractivity contribution in [3.63, 3.8) is 0 Å². The highest BCUT2D eigenvalue weighted by Gasteiger charge is 2.27. The Bertz CT molecular complexity index is 834. The predicted octanol–water partition coefficient (Wildman–Crippen LogP) is 1.74. The number of hydrogen-bond acceptors (Lipinski definition) is 4. The molecule has 0 radical (unpaired) electrons. The molecule has 0 aliphatic carbocycles. The molecule has 0 unspecified atom stereocenters. The Kier molecular flexibility index (Phi) is 7.83. The van der Waals surface area contributed by atoms with Gasteiger partial charge in [-0.15, -0.1) is 0 Å². The maximum Gasteiger partial charge on any atom is 0.258 e. The van der Waals surface area contributed by atoms with E-state index in [2.05, 4.69) is 10.6 Å². The van der Waals surface area contributed by atoms with E-state index in [-0.39, 0.29) is 36.8 Å². The third-order valence-corrected chi connectivity index (χ3v) is 5.08. The number of piperidine rings is 1. The van der Waals surface area contributed by atoms with E-state index >= 15 is 0 Å². The molecule has 7 nitrogen and oxygen atoms in total. The lowest BCUT2D eigenvalue weighted by molar-refractivity contribution is -0.136. The van der Waals surface area contributed by atoms with Gasteiger partial charge in [-0.3, -0.25) is 14.4 Å². The zero-order valence-electron chi connectivity index (χ0n) is 16.9. The van der Waals surface area contributed by atoms with E-state index < -0.39 is 0 Å². The Balaban J connectivity index is 1.32. The maximum atomic E-state index is 12.4. The molecule has 1 heterocycles. The average molecular weight is 409 g/mol. The molecule has 1 aliphatic heterocycles. The summed E-state index contributed by atoms with van der Waals surface area (Å²) in [5, 5.41) is 5.56. The quantitative estimate of drug-likeness (QED) is 0.695. The number of ether oxygens (including phenoxy) is 1. The van der Waals surface area contributed by atoms with E-state index in [1.165, 1.54) is 0 Å². The number of para-hydroxylation sites is 1. The van der Waals surface area contributed by atoms with Gasteiger partial charge < -0.3 is 20.3 Å². The molecule has 3 amide bonds. The SMILES string of the molecule is O=C(COc1ccccc1)NCC(=O)N1CCC(C(=O)NCc2ccccc2)CC1. The molecular formula is C23H27N3O4. The van der Waals surface area contributed by atoms with Crippen molar-refractivity contribution in [3.8, 4) is 5.75 Å². The predicted molar refractivity (Wildman–Crippen MR) is 113 cm³/mol. The lowest BCUT2D eigenvalue weighted by Crippen LogP contribution is -2.46. The highest BCUT2D eigenvalue weighted by atomic mass is 16.5. The Labute approximate surface area is 176 Å². The smallest absolute Gasteiger partial charge is 0.258 e. The van der Waals surface area contributed by atoms with Gasteiger partial charge in [0.2, 0.25) is 11.8 Å². The number of rotatable bonds is 8. The van der Waals surface area contributed by atoms with Crippen molar-refractivity contribution in [2.24, 2.45) is 5.92 Å². The maximum absolute atomic E-state index is 12.4. The van der Waals surface area contributed by atoms with Crippen LogP contribution in [-0.2, 0) is 20.9 Å². The Hall–Kier alpha value is -3.35. The molecular weight excluding hydrogens is 382 g/mol. The van der Waals surface area contributed by atoms with Crippen molar-refractivity contribution in [2.45, 2.75) is 19.4 Å². The van der Waals surface area contributed by atoms with E-state index in [9.17, 15) is 14.4 Å². The van der Waals surface area contributed by atoms with Crippen molar-refractivity contribution < 1.29 is 19.1 Å². The van der Waals surface area contributed by atoms with Crippen LogP contribution in [-0.4, -0.2) is 48.9 Å². The first-order valence-corrected chi connectivity index (χ1v) is 10.2. The molecule has 3 rings (SSSR count). The van der Waals surface area contributed by atoms with Gasteiger partial charge in [-0.05, 0) is 30.5 Å². The van der Waals surface area contributed by atoms with E-state index in [0.717, 1.165) is 5.56 Å². The van der Waals surface area contributed by atoms with E-state index in [1.807, 2.05) is 48.5 Å². The summed E-state index contributed by atoms with van der Waals surface area (Å²) < 4.78 is 5.36. The topological polar surface area (TPSA) is 87.7 Å². The molecule has 0 aromatic heterocycles. The van der Waals surface area contributed by atoms with Crippen LogP contribution >= 0.6 is 0 Å². The Morgan fingerprint density at radius 2 is 1.53 bits per heavy atom. The zero-order chi connectivity index (χ0) is 21.2. The number of nitrogens with one attached hydrogen (secondary N) is 2. The van der Waals surface area contributed by atoms with Crippen LogP contribution in [0.1, 0.15) is 18.4 Å². The number of hydrogen-bond donors (Lipinski definition) is 2. The van der Waals surface area contributed by atoms with Crippen LogP contribution in [0.5, 0.6) is 5.75 Å². The summed E-state index contributed by atoms with van der Waals surface area (Å²) in [6.07, 6.45) is 1.24. The van der Waals surface area contributed by atoms with Crippen LogP contribution < -0.4 is 15.4 Å². The van der Waals surface area contributed by atoms with Crippen LogP contribution in [0.4, 0.5) is 0 Å². The first kappa shape index (κ1) is 21.4. The number of benzene rings is 2. The molecule has 158 valence electrons. The minimum absolute atomic E-state index is 0.0253. The van der Waals surface area contributed by atoms with Gasteiger partial charge in [-0.25, -0.2) is 0 Å². The second kappa shape index (κ2) is 11.0. The number of carbonyl (C=O) groups excluding carboxylic acids is 3. The molecule has 2 N–H and O–H groups in total. The number of nitrogens with zero attached hydrogens (tertiary/aromatic N) is 1. The molecule has 1 fully saturated rings. The second-order valence-corrected chi connectivity index (χ2v) is 7.24. The molecule has 2 aromatic carbocycles. The Morgan fingerprint density at radius 3 is 2.20 bits per heavy atom. The largest absolute Gasteiger partial charge is 0.484 e. The summed E-state index contributed by atoms with van der Waals surface area (Å²) in [5.41, 5.74) is 1.06. The molecule has 30 heavy (non-hydrogen) atoms. The van der Waals surface area contributed by atoms with Crippen LogP contribution in [0.25, 0.3) is 0 Å². The highest BCUT2D eigenvalue weighted by molar-refractivity contribution is 5.85. The Morgan fingerprint density at radius 1 is 0.900 bits per heavy atom. The minimum atomic E-state index is -0.345. The first-order valence-electron chi connectivity index (χ1n) is 10.2. The fraction of sp³-hybridized carbons (Fsp3) is 0.348. The molecule has 1 aliphatic rings. The van der Waals surface area contributed by atoms with Crippen molar-refractivity contribution in [2.75, 3.05) is 26.2 Å². The second-order valence-electron chi connectivity index (χ2n) is 7.24. The van der Waals surface area contributed by atoms with Gasteiger partial charge in [0.1, 0.15) is 5.75 Å². The number of carbonyl (C=O) groups is 3. The third-order valence-electron chi connectivity index (χ3n) is 5.08. The summed E-state index contributed by atoms with van der Waals surface area (Å²) in [5.74, 6) is 0.0455. The lowest BCUT2D eigenvalue weighted by Gasteiger charge is -2.31. The van der Waals surface area contributed by atoms with Gasteiger partial charge in [0.15, 0.2) is 6.61 Å². The van der Waals surface area contributed by atoms with Gasteiger partial charge in [-0.1, -0.05) is 48.5 Å². The van der Waals surface area contributed by atoms with E-state index in [1.54, 1.807) is 17.0 Å². The van der Waals surface area contributed by atoms with Gasteiger partial charge in [0.25, 0.3) is 5.91 Å². The van der Waals surface area contributed by atoms with Gasteiger partial charge in [0.05, 0.1) is 6.54 Å². The molecule has 2 aromatic rings. The van der Waals surface area contributed by atoms with E-state index in [0.29, 0.717) is 38.2 Å². The lowest BCUT2D eigenvalue weighted by atomic mass is 9.95. The molecule has 0 spiro atoms. The van der Waals surface area contributed by atoms with Crippen molar-refractivity contribution >= 4 is 17.7 Å².